The zero-order valence-corrected chi connectivity index (χ0v) is 13.6. The minimum Gasteiger partial charge on any atom is -0.381 e. The Morgan fingerprint density at radius 1 is 1.48 bits per heavy atom. The summed E-state index contributed by atoms with van der Waals surface area (Å²) in [7, 11) is 0. The van der Waals surface area contributed by atoms with Crippen LogP contribution in [0.25, 0.3) is 11.2 Å². The van der Waals surface area contributed by atoms with Crippen LogP contribution in [-0.4, -0.2) is 27.7 Å². The highest BCUT2D eigenvalue weighted by atomic mass is 35.5. The van der Waals surface area contributed by atoms with Gasteiger partial charge in [-0.1, -0.05) is 11.6 Å². The van der Waals surface area contributed by atoms with Crippen LogP contribution in [0.15, 0.2) is 12.3 Å². The standard InChI is InChI=1S/C15H19Cl2N3O/c1-10(16)14-19-13-7-12(17)8-18-15(13)20(14)5-2-6-21-9-11-3-4-11/h7-8,10-11H,2-6,9H2,1H3. The molecular formula is C15H19Cl2N3O. The molecule has 0 radical (unpaired) electrons. The lowest BCUT2D eigenvalue weighted by atomic mass is 10.4. The van der Waals surface area contributed by atoms with Crippen molar-refractivity contribution in [1.29, 1.82) is 0 Å². The molecule has 1 saturated carbocycles. The van der Waals surface area contributed by atoms with E-state index < -0.39 is 0 Å². The zero-order valence-electron chi connectivity index (χ0n) is 12.1. The average molecular weight is 328 g/mol. The Balaban J connectivity index is 1.70. The van der Waals surface area contributed by atoms with Crippen molar-refractivity contribution in [1.82, 2.24) is 14.5 Å². The first-order valence-corrected chi connectivity index (χ1v) is 8.20. The van der Waals surface area contributed by atoms with Crippen molar-refractivity contribution in [2.24, 2.45) is 5.92 Å². The summed E-state index contributed by atoms with van der Waals surface area (Å²) in [6.45, 7) is 4.39. The summed E-state index contributed by atoms with van der Waals surface area (Å²) >= 11 is 12.2. The maximum Gasteiger partial charge on any atom is 0.160 e. The van der Waals surface area contributed by atoms with Gasteiger partial charge in [0.15, 0.2) is 5.65 Å². The Morgan fingerprint density at radius 3 is 3.00 bits per heavy atom. The van der Waals surface area contributed by atoms with Gasteiger partial charge in [0, 0.05) is 26.0 Å². The summed E-state index contributed by atoms with van der Waals surface area (Å²) < 4.78 is 7.75. The Morgan fingerprint density at radius 2 is 2.29 bits per heavy atom. The van der Waals surface area contributed by atoms with E-state index in [0.29, 0.717) is 5.02 Å². The third-order valence-electron chi connectivity index (χ3n) is 3.66. The number of pyridine rings is 1. The lowest BCUT2D eigenvalue weighted by Gasteiger charge is -2.10. The van der Waals surface area contributed by atoms with E-state index in [9.17, 15) is 0 Å². The molecule has 114 valence electrons. The van der Waals surface area contributed by atoms with Crippen molar-refractivity contribution in [3.05, 3.63) is 23.1 Å². The molecule has 4 nitrogen and oxygen atoms in total. The fourth-order valence-corrected chi connectivity index (χ4v) is 2.71. The van der Waals surface area contributed by atoms with Gasteiger partial charge in [0.1, 0.15) is 11.3 Å². The second-order valence-corrected chi connectivity index (χ2v) is 6.70. The van der Waals surface area contributed by atoms with Crippen LogP contribution < -0.4 is 0 Å². The Kier molecular flexibility index (Phi) is 4.67. The second-order valence-electron chi connectivity index (χ2n) is 5.61. The summed E-state index contributed by atoms with van der Waals surface area (Å²) in [5, 5.41) is 0.430. The molecule has 3 rings (SSSR count). The number of alkyl halides is 1. The zero-order chi connectivity index (χ0) is 14.8. The Labute approximate surface area is 134 Å². The van der Waals surface area contributed by atoms with Gasteiger partial charge < -0.3 is 9.30 Å². The molecule has 0 amide bonds. The number of hydrogen-bond acceptors (Lipinski definition) is 3. The number of imidazole rings is 1. The van der Waals surface area contributed by atoms with Crippen molar-refractivity contribution >= 4 is 34.4 Å². The third kappa shape index (κ3) is 3.68. The molecule has 0 N–H and O–H groups in total. The number of ether oxygens (including phenoxy) is 1. The molecule has 0 aromatic carbocycles. The monoisotopic (exact) mass is 327 g/mol. The van der Waals surface area contributed by atoms with Crippen molar-refractivity contribution in [2.75, 3.05) is 13.2 Å². The van der Waals surface area contributed by atoms with Crippen molar-refractivity contribution in [3.63, 3.8) is 0 Å². The molecular weight excluding hydrogens is 309 g/mol. The first-order valence-electron chi connectivity index (χ1n) is 7.38. The first kappa shape index (κ1) is 15.1. The normalized spacial score (nSPS) is 16.5. The van der Waals surface area contributed by atoms with Gasteiger partial charge in [-0.3, -0.25) is 0 Å². The quantitative estimate of drug-likeness (QED) is 0.565. The predicted molar refractivity (Wildman–Crippen MR) is 85.0 cm³/mol. The molecule has 1 unspecified atom stereocenters. The molecule has 1 aliphatic rings. The molecule has 0 aliphatic heterocycles. The van der Waals surface area contributed by atoms with Gasteiger partial charge in [0.2, 0.25) is 0 Å². The van der Waals surface area contributed by atoms with E-state index in [1.165, 1.54) is 12.8 Å². The second kappa shape index (κ2) is 6.51. The average Bonchev–Trinajstić information content (AvgIpc) is 3.19. The lowest BCUT2D eigenvalue weighted by molar-refractivity contribution is 0.119. The van der Waals surface area contributed by atoms with Crippen LogP contribution in [-0.2, 0) is 11.3 Å². The highest BCUT2D eigenvalue weighted by Gasteiger charge is 2.21. The van der Waals surface area contributed by atoms with Gasteiger partial charge in [0.25, 0.3) is 0 Å². The van der Waals surface area contributed by atoms with Crippen LogP contribution in [0.5, 0.6) is 0 Å². The van der Waals surface area contributed by atoms with E-state index in [-0.39, 0.29) is 5.38 Å². The Hall–Kier alpha value is -0.840. The largest absolute Gasteiger partial charge is 0.381 e. The molecule has 0 saturated heterocycles. The molecule has 0 bridgehead atoms. The van der Waals surface area contributed by atoms with Crippen LogP contribution in [0.3, 0.4) is 0 Å². The van der Waals surface area contributed by atoms with E-state index in [4.69, 9.17) is 27.9 Å². The number of fused-ring (bicyclic) bond motifs is 1. The lowest BCUT2D eigenvalue weighted by Crippen LogP contribution is -2.08. The number of aromatic nitrogens is 3. The number of rotatable bonds is 7. The van der Waals surface area contributed by atoms with Gasteiger partial charge in [-0.15, -0.1) is 11.6 Å². The molecule has 1 fully saturated rings. The highest BCUT2D eigenvalue weighted by molar-refractivity contribution is 6.31. The van der Waals surface area contributed by atoms with Crippen molar-refractivity contribution in [3.8, 4) is 0 Å². The maximum absolute atomic E-state index is 6.23. The van der Waals surface area contributed by atoms with Gasteiger partial charge in [-0.05, 0) is 38.2 Å². The number of aryl methyl sites for hydroxylation is 1. The molecule has 2 aromatic heterocycles. The van der Waals surface area contributed by atoms with Crippen molar-refractivity contribution in [2.45, 2.75) is 38.1 Å². The summed E-state index contributed by atoms with van der Waals surface area (Å²) in [6, 6.07) is 1.83. The molecule has 1 atom stereocenters. The topological polar surface area (TPSA) is 39.9 Å². The van der Waals surface area contributed by atoms with Crippen LogP contribution in [0, 0.1) is 5.92 Å². The van der Waals surface area contributed by atoms with Crippen LogP contribution in [0.1, 0.15) is 37.4 Å². The van der Waals surface area contributed by atoms with Crippen LogP contribution in [0.4, 0.5) is 0 Å². The third-order valence-corrected chi connectivity index (χ3v) is 4.06. The molecule has 2 heterocycles. The van der Waals surface area contributed by atoms with Gasteiger partial charge >= 0.3 is 0 Å². The molecule has 2 aromatic rings. The summed E-state index contributed by atoms with van der Waals surface area (Å²) in [5.41, 5.74) is 1.63. The number of hydrogen-bond donors (Lipinski definition) is 0. The Bertz CT molecular complexity index is 623. The fourth-order valence-electron chi connectivity index (χ4n) is 2.39. The van der Waals surface area contributed by atoms with E-state index >= 15 is 0 Å². The molecule has 1 aliphatic carbocycles. The smallest absolute Gasteiger partial charge is 0.160 e. The highest BCUT2D eigenvalue weighted by Crippen LogP contribution is 2.29. The van der Waals surface area contributed by atoms with Crippen molar-refractivity contribution < 1.29 is 4.74 Å². The minimum atomic E-state index is -0.162. The fraction of sp³-hybridized carbons (Fsp3) is 0.600. The molecule has 21 heavy (non-hydrogen) atoms. The molecule has 0 spiro atoms. The number of halogens is 2. The minimum absolute atomic E-state index is 0.162. The van der Waals surface area contributed by atoms with Gasteiger partial charge in [0.05, 0.1) is 10.4 Å². The summed E-state index contributed by atoms with van der Waals surface area (Å²) in [5.74, 6) is 1.64. The van der Waals surface area contributed by atoms with E-state index in [2.05, 4.69) is 14.5 Å². The van der Waals surface area contributed by atoms with Crippen LogP contribution in [0.2, 0.25) is 5.02 Å². The van der Waals surface area contributed by atoms with Gasteiger partial charge in [-0.2, -0.15) is 0 Å². The van der Waals surface area contributed by atoms with E-state index in [1.54, 1.807) is 6.20 Å². The van der Waals surface area contributed by atoms with Crippen LogP contribution >= 0.6 is 23.2 Å². The molecule has 6 heteroatoms. The SMILES string of the molecule is CC(Cl)c1nc2cc(Cl)cnc2n1CCCOCC1CC1. The predicted octanol–water partition coefficient (Wildman–Crippen LogP) is 4.20. The number of nitrogens with zero attached hydrogens (tertiary/aromatic N) is 3. The summed E-state index contributed by atoms with van der Waals surface area (Å²) in [6.07, 6.45) is 5.23. The van der Waals surface area contributed by atoms with E-state index in [1.807, 2.05) is 13.0 Å². The van der Waals surface area contributed by atoms with Gasteiger partial charge in [-0.25, -0.2) is 9.97 Å². The first-order chi connectivity index (χ1) is 10.1. The van der Waals surface area contributed by atoms with E-state index in [0.717, 1.165) is 49.1 Å². The maximum atomic E-state index is 6.23. The summed E-state index contributed by atoms with van der Waals surface area (Å²) in [4.78, 5) is 8.94.